The first-order chi connectivity index (χ1) is 15.4. The van der Waals surface area contributed by atoms with Gasteiger partial charge in [-0.25, -0.2) is 0 Å². The Labute approximate surface area is 189 Å². The molecule has 4 bridgehead atoms. The van der Waals surface area contributed by atoms with Crippen molar-refractivity contribution in [2.75, 3.05) is 0 Å². The molecular weight excluding hydrogens is 400 g/mol. The predicted molar refractivity (Wildman–Crippen MR) is 124 cm³/mol. The molecule has 2 aromatic rings. The average Bonchev–Trinajstić information content (AvgIpc) is 3.49. The molecule has 1 aromatic carbocycles. The van der Waals surface area contributed by atoms with Crippen LogP contribution >= 0.6 is 0 Å². The second-order valence-electron chi connectivity index (χ2n) is 11.3. The van der Waals surface area contributed by atoms with Gasteiger partial charge in [-0.2, -0.15) is 0 Å². The summed E-state index contributed by atoms with van der Waals surface area (Å²) in [4.78, 5) is 30.5. The lowest BCUT2D eigenvalue weighted by Gasteiger charge is -2.62. The molecule has 3 atom stereocenters. The number of fused-ring (bicyclic) bond motifs is 1. The van der Waals surface area contributed by atoms with Crippen molar-refractivity contribution in [2.24, 2.45) is 11.3 Å². The van der Waals surface area contributed by atoms with Crippen LogP contribution in [0.3, 0.4) is 0 Å². The summed E-state index contributed by atoms with van der Waals surface area (Å²) in [6, 6.07) is 7.20. The molecule has 7 rings (SSSR count). The lowest BCUT2D eigenvalue weighted by molar-refractivity contribution is -0.161. The van der Waals surface area contributed by atoms with E-state index in [1.165, 1.54) is 41.3 Å². The molecule has 2 saturated heterocycles. The van der Waals surface area contributed by atoms with E-state index in [0.717, 1.165) is 32.1 Å². The number of carboxylic acid groups (broad SMARTS) is 1. The maximum atomic E-state index is 13.6. The number of carbonyl (C=O) groups is 2. The number of nitrogens with one attached hydrogen (secondary N) is 1. The molecule has 1 amide bonds. The molecule has 3 saturated carbocycles. The van der Waals surface area contributed by atoms with Gasteiger partial charge >= 0.3 is 5.97 Å². The molecule has 0 spiro atoms. The highest BCUT2D eigenvalue weighted by molar-refractivity contribution is 5.89. The van der Waals surface area contributed by atoms with Gasteiger partial charge < -0.3 is 15.0 Å². The first-order valence-electron chi connectivity index (χ1n) is 12.6. The van der Waals surface area contributed by atoms with Crippen molar-refractivity contribution in [3.63, 3.8) is 0 Å². The quantitative estimate of drug-likeness (QED) is 0.599. The molecule has 3 heterocycles. The van der Waals surface area contributed by atoms with E-state index in [4.69, 9.17) is 0 Å². The number of nitrogens with zero attached hydrogens (tertiary/aromatic N) is 1. The molecule has 5 aliphatic rings. The van der Waals surface area contributed by atoms with Crippen LogP contribution in [0.1, 0.15) is 94.1 Å². The molecule has 170 valence electrons. The lowest BCUT2D eigenvalue weighted by Crippen LogP contribution is -2.63. The highest BCUT2D eigenvalue weighted by Crippen LogP contribution is 2.58. The number of H-pyrrole nitrogens is 1. The van der Waals surface area contributed by atoms with E-state index in [2.05, 4.69) is 41.2 Å². The van der Waals surface area contributed by atoms with Gasteiger partial charge in [0.2, 0.25) is 5.91 Å². The summed E-state index contributed by atoms with van der Waals surface area (Å²) >= 11 is 0. The number of carbonyl (C=O) groups excluding carboxylic acids is 1. The van der Waals surface area contributed by atoms with E-state index in [0.29, 0.717) is 36.2 Å². The van der Waals surface area contributed by atoms with Crippen LogP contribution in [0, 0.1) is 11.3 Å². The van der Waals surface area contributed by atoms with Crippen LogP contribution in [0.25, 0.3) is 10.9 Å². The van der Waals surface area contributed by atoms with Crippen LogP contribution in [-0.4, -0.2) is 39.0 Å². The van der Waals surface area contributed by atoms with Crippen LogP contribution in [0.4, 0.5) is 0 Å². The standard InChI is InChI=1S/C27H34N2O3/c1-16(22-15-28-23-4-2-3-21(26(22)23)18-5-6-18)9-24(30)29-19-10-17-11-20(29)14-27(12-17,13-19)8-7-25(31)32/h2-4,15-20,28H,5-14H2,1H3,(H,31,32). The van der Waals surface area contributed by atoms with Gasteiger partial charge in [0.05, 0.1) is 0 Å². The van der Waals surface area contributed by atoms with Crippen molar-refractivity contribution in [3.05, 3.63) is 35.5 Å². The molecule has 1 aromatic heterocycles. The van der Waals surface area contributed by atoms with Crippen molar-refractivity contribution in [2.45, 2.75) is 95.1 Å². The van der Waals surface area contributed by atoms with Crippen LogP contribution in [-0.2, 0) is 9.59 Å². The fourth-order valence-electron chi connectivity index (χ4n) is 7.71. The second-order valence-corrected chi connectivity index (χ2v) is 11.3. The predicted octanol–water partition coefficient (Wildman–Crippen LogP) is 5.56. The summed E-state index contributed by atoms with van der Waals surface area (Å²) in [6.07, 6.45) is 11.7. The van der Waals surface area contributed by atoms with Crippen molar-refractivity contribution in [1.82, 2.24) is 9.88 Å². The van der Waals surface area contributed by atoms with Crippen LogP contribution in [0.2, 0.25) is 0 Å². The van der Waals surface area contributed by atoms with Gasteiger partial charge in [-0.1, -0.05) is 19.1 Å². The highest BCUT2D eigenvalue weighted by Gasteiger charge is 2.55. The molecule has 5 fully saturated rings. The van der Waals surface area contributed by atoms with E-state index in [1.54, 1.807) is 0 Å². The monoisotopic (exact) mass is 434 g/mol. The van der Waals surface area contributed by atoms with Gasteiger partial charge in [0.1, 0.15) is 0 Å². The number of rotatable bonds is 7. The Balaban J connectivity index is 1.20. The first kappa shape index (κ1) is 20.3. The molecule has 32 heavy (non-hydrogen) atoms. The fourth-order valence-corrected chi connectivity index (χ4v) is 7.71. The third kappa shape index (κ3) is 3.36. The Hall–Kier alpha value is -2.30. The van der Waals surface area contributed by atoms with Crippen LogP contribution < -0.4 is 0 Å². The third-order valence-corrected chi connectivity index (χ3v) is 9.01. The molecule has 0 radical (unpaired) electrons. The Morgan fingerprint density at radius 1 is 1.19 bits per heavy atom. The molecule has 2 N–H and O–H groups in total. The summed E-state index contributed by atoms with van der Waals surface area (Å²) in [5, 5.41) is 10.6. The first-order valence-corrected chi connectivity index (χ1v) is 12.6. The number of amides is 1. The Morgan fingerprint density at radius 3 is 2.62 bits per heavy atom. The number of piperidine rings is 2. The summed E-state index contributed by atoms with van der Waals surface area (Å²) in [6.45, 7) is 2.20. The number of aliphatic carboxylic acids is 1. The SMILES string of the molecule is CC(CC(=O)N1C2CC3CC1CC(CCC(=O)O)(C3)C2)c1c[nH]c2cccc(C3CC3)c12. The van der Waals surface area contributed by atoms with Gasteiger partial charge in [0, 0.05) is 42.0 Å². The van der Waals surface area contributed by atoms with Gasteiger partial charge in [-0.15, -0.1) is 0 Å². The topological polar surface area (TPSA) is 73.4 Å². The minimum atomic E-state index is -0.688. The Kier molecular flexibility index (Phi) is 4.67. The molecule has 3 unspecified atom stereocenters. The number of carboxylic acids is 1. The average molecular weight is 435 g/mol. The van der Waals surface area contributed by atoms with Gasteiger partial charge in [-0.3, -0.25) is 9.59 Å². The number of aromatic amines is 1. The van der Waals surface area contributed by atoms with Crippen LogP contribution in [0.15, 0.2) is 24.4 Å². The summed E-state index contributed by atoms with van der Waals surface area (Å²) < 4.78 is 0. The van der Waals surface area contributed by atoms with E-state index in [9.17, 15) is 14.7 Å². The van der Waals surface area contributed by atoms with E-state index >= 15 is 0 Å². The zero-order valence-corrected chi connectivity index (χ0v) is 19.0. The smallest absolute Gasteiger partial charge is 0.303 e. The summed E-state index contributed by atoms with van der Waals surface area (Å²) in [7, 11) is 0. The van der Waals surface area contributed by atoms with Crippen molar-refractivity contribution >= 4 is 22.8 Å². The Bertz CT molecular complexity index is 1050. The molecule has 5 nitrogen and oxygen atoms in total. The lowest BCUT2D eigenvalue weighted by atomic mass is 9.54. The minimum Gasteiger partial charge on any atom is -0.481 e. The van der Waals surface area contributed by atoms with Crippen molar-refractivity contribution < 1.29 is 14.7 Å². The van der Waals surface area contributed by atoms with Gasteiger partial charge in [0.15, 0.2) is 0 Å². The molecule has 3 aliphatic carbocycles. The van der Waals surface area contributed by atoms with E-state index < -0.39 is 5.97 Å². The van der Waals surface area contributed by atoms with Crippen molar-refractivity contribution in [3.8, 4) is 0 Å². The zero-order chi connectivity index (χ0) is 22.0. The van der Waals surface area contributed by atoms with Gasteiger partial charge in [-0.05, 0) is 91.7 Å². The normalized spacial score (nSPS) is 31.9. The summed E-state index contributed by atoms with van der Waals surface area (Å²) in [5.41, 5.74) is 4.10. The number of hydrogen-bond acceptors (Lipinski definition) is 2. The number of aromatic nitrogens is 1. The molecular formula is C27H34N2O3. The summed E-state index contributed by atoms with van der Waals surface area (Å²) in [5.74, 6) is 1.17. The van der Waals surface area contributed by atoms with Crippen LogP contribution in [0.5, 0.6) is 0 Å². The van der Waals surface area contributed by atoms with E-state index in [-0.39, 0.29) is 17.8 Å². The number of benzene rings is 1. The zero-order valence-electron chi connectivity index (χ0n) is 19.0. The second kappa shape index (κ2) is 7.36. The number of hydrogen-bond donors (Lipinski definition) is 2. The highest BCUT2D eigenvalue weighted by atomic mass is 16.4. The Morgan fingerprint density at radius 2 is 1.94 bits per heavy atom. The van der Waals surface area contributed by atoms with E-state index in [1.807, 2.05) is 0 Å². The maximum absolute atomic E-state index is 13.6. The molecule has 2 aliphatic heterocycles. The third-order valence-electron chi connectivity index (χ3n) is 9.01. The molecule has 5 heteroatoms. The largest absolute Gasteiger partial charge is 0.481 e. The minimum absolute atomic E-state index is 0.160. The van der Waals surface area contributed by atoms with Crippen molar-refractivity contribution in [1.29, 1.82) is 0 Å². The fraction of sp³-hybridized carbons (Fsp3) is 0.630. The maximum Gasteiger partial charge on any atom is 0.303 e. The van der Waals surface area contributed by atoms with Gasteiger partial charge in [0.25, 0.3) is 0 Å².